The van der Waals surface area contributed by atoms with Crippen molar-refractivity contribution in [2.45, 2.75) is 67.6 Å². The first-order chi connectivity index (χ1) is 19.7. The first-order valence-electron chi connectivity index (χ1n) is 13.5. The molecule has 0 radical (unpaired) electrons. The summed E-state index contributed by atoms with van der Waals surface area (Å²) < 4.78 is 99.4. The minimum Gasteiger partial charge on any atom is -0.286 e. The summed E-state index contributed by atoms with van der Waals surface area (Å²) in [5, 5.41) is 0. The van der Waals surface area contributed by atoms with Crippen molar-refractivity contribution < 1.29 is 43.5 Å². The standard InChI is InChI=1S/C29H34N2O9S3/c1-28(2)22-18-20(42(35,36)37)12-14-24(22)30-26(28)10-6-5-7-11-27-29(3,4)23-19-21(43(38,39)40)13-15-25(23)31(27)16-8-9-17-41(32,33)34/h5-7,11-15,18-19H,8-10,16-17H2,1-4H3,(H2-,32,33,34,35,36,37,38,39,40)/p+1. The smallest absolute Gasteiger partial charge is 0.286 e. The van der Waals surface area contributed by atoms with Crippen LogP contribution in [0.4, 0.5) is 11.4 Å². The normalized spacial score (nSPS) is 18.0. The Balaban J connectivity index is 1.58. The summed E-state index contributed by atoms with van der Waals surface area (Å²) in [6.45, 7) is 8.13. The lowest BCUT2D eigenvalue weighted by Gasteiger charge is -2.21. The zero-order valence-electron chi connectivity index (χ0n) is 24.2. The third-order valence-corrected chi connectivity index (χ3v) is 10.4. The van der Waals surface area contributed by atoms with E-state index in [2.05, 4.69) is 4.99 Å². The number of fused-ring (bicyclic) bond motifs is 2. The molecule has 2 aromatic rings. The zero-order valence-corrected chi connectivity index (χ0v) is 26.7. The highest BCUT2D eigenvalue weighted by molar-refractivity contribution is 7.86. The number of rotatable bonds is 11. The van der Waals surface area contributed by atoms with Crippen LogP contribution in [0.1, 0.15) is 58.1 Å². The van der Waals surface area contributed by atoms with Gasteiger partial charge in [0.15, 0.2) is 5.71 Å². The molecule has 2 heterocycles. The Bertz CT molecular complexity index is 1920. The van der Waals surface area contributed by atoms with Gasteiger partial charge in [-0.25, -0.2) is 0 Å². The third-order valence-electron chi connectivity index (χ3n) is 7.92. The van der Waals surface area contributed by atoms with E-state index >= 15 is 0 Å². The minimum absolute atomic E-state index is 0.183. The molecule has 2 aliphatic rings. The Labute approximate surface area is 252 Å². The summed E-state index contributed by atoms with van der Waals surface area (Å²) in [4.78, 5) is 4.27. The van der Waals surface area contributed by atoms with E-state index in [1.165, 1.54) is 24.3 Å². The van der Waals surface area contributed by atoms with E-state index < -0.39 is 41.2 Å². The number of allylic oxidation sites excluding steroid dienone is 4. The number of aliphatic imine (C=N–C) groups is 1. The van der Waals surface area contributed by atoms with Gasteiger partial charge in [-0.3, -0.25) is 18.7 Å². The molecule has 0 unspecified atom stereocenters. The van der Waals surface area contributed by atoms with Gasteiger partial charge in [-0.2, -0.15) is 29.8 Å². The van der Waals surface area contributed by atoms with Crippen LogP contribution in [0.15, 0.2) is 75.5 Å². The predicted molar refractivity (Wildman–Crippen MR) is 164 cm³/mol. The van der Waals surface area contributed by atoms with E-state index in [4.69, 9.17) is 4.55 Å². The molecule has 2 aliphatic heterocycles. The van der Waals surface area contributed by atoms with E-state index in [-0.39, 0.29) is 22.0 Å². The minimum atomic E-state index is -4.42. The molecule has 4 rings (SSSR count). The molecule has 0 saturated carbocycles. The molecule has 0 aromatic heterocycles. The van der Waals surface area contributed by atoms with Crippen LogP contribution >= 0.6 is 0 Å². The van der Waals surface area contributed by atoms with E-state index in [1.54, 1.807) is 12.1 Å². The molecular weight excluding hydrogens is 617 g/mol. The maximum absolute atomic E-state index is 11.8. The largest absolute Gasteiger partial charge is 0.294 e. The third kappa shape index (κ3) is 7.05. The summed E-state index contributed by atoms with van der Waals surface area (Å²) in [6, 6.07) is 8.72. The van der Waals surface area contributed by atoms with Gasteiger partial charge in [0.25, 0.3) is 30.4 Å². The molecule has 0 amide bonds. The van der Waals surface area contributed by atoms with Crippen LogP contribution in [0.3, 0.4) is 0 Å². The molecule has 0 spiro atoms. The maximum atomic E-state index is 11.8. The monoisotopic (exact) mass is 651 g/mol. The lowest BCUT2D eigenvalue weighted by molar-refractivity contribution is -0.438. The van der Waals surface area contributed by atoms with Gasteiger partial charge in [-0.15, -0.1) is 0 Å². The Morgan fingerprint density at radius 2 is 1.40 bits per heavy atom. The molecule has 232 valence electrons. The van der Waals surface area contributed by atoms with Crippen molar-refractivity contribution >= 4 is 53.2 Å². The number of nitrogens with zero attached hydrogens (tertiary/aromatic N) is 2. The van der Waals surface area contributed by atoms with Gasteiger partial charge in [0, 0.05) is 41.7 Å². The second kappa shape index (κ2) is 11.5. The van der Waals surface area contributed by atoms with Crippen molar-refractivity contribution in [2.24, 2.45) is 4.99 Å². The summed E-state index contributed by atoms with van der Waals surface area (Å²) in [5.41, 5.74) is 3.20. The topological polar surface area (TPSA) is 178 Å². The van der Waals surface area contributed by atoms with Crippen molar-refractivity contribution in [1.82, 2.24) is 0 Å². The van der Waals surface area contributed by atoms with Gasteiger partial charge in [-0.05, 0) is 56.2 Å². The van der Waals surface area contributed by atoms with E-state index in [1.807, 2.05) is 56.6 Å². The van der Waals surface area contributed by atoms with Crippen molar-refractivity contribution in [1.29, 1.82) is 0 Å². The molecule has 14 heteroatoms. The second-order valence-corrected chi connectivity index (χ2v) is 16.1. The number of benzene rings is 2. The van der Waals surface area contributed by atoms with E-state index in [9.17, 15) is 34.4 Å². The fourth-order valence-corrected chi connectivity index (χ4v) is 7.11. The van der Waals surface area contributed by atoms with Crippen LogP contribution in [0.25, 0.3) is 0 Å². The zero-order chi connectivity index (χ0) is 32.0. The predicted octanol–water partition coefficient (Wildman–Crippen LogP) is 4.79. The van der Waals surface area contributed by atoms with Gasteiger partial charge in [0.1, 0.15) is 6.54 Å². The molecule has 11 nitrogen and oxygen atoms in total. The number of unbranched alkanes of at least 4 members (excludes halogenated alkanes) is 1. The van der Waals surface area contributed by atoms with Crippen LogP contribution in [0, 0.1) is 0 Å². The van der Waals surface area contributed by atoms with Crippen LogP contribution in [-0.2, 0) is 41.2 Å². The van der Waals surface area contributed by atoms with Crippen molar-refractivity contribution in [3.8, 4) is 0 Å². The van der Waals surface area contributed by atoms with Crippen molar-refractivity contribution in [3.63, 3.8) is 0 Å². The van der Waals surface area contributed by atoms with Gasteiger partial charge in [-0.1, -0.05) is 32.1 Å². The summed E-state index contributed by atoms with van der Waals surface area (Å²) in [7, 11) is -12.9. The summed E-state index contributed by atoms with van der Waals surface area (Å²) in [5.74, 6) is -0.367. The summed E-state index contributed by atoms with van der Waals surface area (Å²) >= 11 is 0. The van der Waals surface area contributed by atoms with Crippen LogP contribution in [0.5, 0.6) is 0 Å². The second-order valence-electron chi connectivity index (χ2n) is 11.6. The number of hydrogen-bond acceptors (Lipinski definition) is 7. The quantitative estimate of drug-likeness (QED) is 0.133. The molecule has 0 fully saturated rings. The van der Waals surface area contributed by atoms with Crippen LogP contribution in [-0.4, -0.2) is 67.2 Å². The number of hydrogen-bond donors (Lipinski definition) is 3. The molecule has 43 heavy (non-hydrogen) atoms. The lowest BCUT2D eigenvalue weighted by Crippen LogP contribution is -2.28. The molecule has 0 bridgehead atoms. The fourth-order valence-electron chi connectivity index (χ4n) is 5.53. The summed E-state index contributed by atoms with van der Waals surface area (Å²) in [6.07, 6.45) is 8.63. The lowest BCUT2D eigenvalue weighted by atomic mass is 9.80. The van der Waals surface area contributed by atoms with E-state index in [0.717, 1.165) is 17.1 Å². The average Bonchev–Trinajstić information content (AvgIpc) is 3.25. The van der Waals surface area contributed by atoms with Gasteiger partial charge in [0.05, 0.1) is 26.6 Å². The highest BCUT2D eigenvalue weighted by Crippen LogP contribution is 2.43. The molecule has 0 aliphatic carbocycles. The van der Waals surface area contributed by atoms with Crippen molar-refractivity contribution in [3.05, 3.63) is 71.8 Å². The highest BCUT2D eigenvalue weighted by Gasteiger charge is 2.44. The highest BCUT2D eigenvalue weighted by atomic mass is 32.2. The first-order valence-corrected chi connectivity index (χ1v) is 18.0. The Hall–Kier alpha value is -3.01. The molecular formula is C29H35N2O9S3+. The molecule has 2 aromatic carbocycles. The fraction of sp³-hybridized carbons (Fsp3) is 0.379. The Morgan fingerprint density at radius 3 is 2.00 bits per heavy atom. The molecule has 0 atom stereocenters. The molecule has 3 N–H and O–H groups in total. The van der Waals surface area contributed by atoms with Crippen LogP contribution in [0.2, 0.25) is 0 Å². The van der Waals surface area contributed by atoms with Gasteiger partial charge in [0.2, 0.25) is 5.69 Å². The van der Waals surface area contributed by atoms with Crippen LogP contribution < -0.4 is 0 Å². The van der Waals surface area contributed by atoms with E-state index in [0.29, 0.717) is 36.2 Å². The molecule has 0 saturated heterocycles. The Kier molecular flexibility index (Phi) is 8.79. The van der Waals surface area contributed by atoms with Crippen molar-refractivity contribution in [2.75, 3.05) is 12.3 Å². The Morgan fingerprint density at radius 1 is 0.791 bits per heavy atom. The SMILES string of the molecule is CC1(C)C(CC=CC=CC2=[N+](CCCCS(=O)(=O)O)c3ccc(S(=O)(=O)O)cc3C2(C)C)=Nc2ccc(S(=O)(=O)O)cc21. The maximum Gasteiger partial charge on any atom is 0.294 e. The van der Waals surface area contributed by atoms with Gasteiger partial charge < -0.3 is 0 Å². The first kappa shape index (κ1) is 32.9. The van der Waals surface area contributed by atoms with Gasteiger partial charge >= 0.3 is 0 Å². The average molecular weight is 652 g/mol.